The first-order valence-electron chi connectivity index (χ1n) is 6.46. The Morgan fingerprint density at radius 1 is 1.35 bits per heavy atom. The smallest absolute Gasteiger partial charge is 0.407 e. The number of carbonyl (C=O) groups excluding carboxylic acids is 1. The number of carbonyl (C=O) groups is 1. The van der Waals surface area contributed by atoms with Crippen molar-refractivity contribution in [3.8, 4) is 0 Å². The molecule has 1 N–H and O–H groups in total. The summed E-state index contributed by atoms with van der Waals surface area (Å²) in [5.74, 6) is 0.836. The van der Waals surface area contributed by atoms with Crippen LogP contribution in [0.25, 0.3) is 0 Å². The van der Waals surface area contributed by atoms with Crippen molar-refractivity contribution in [3.63, 3.8) is 0 Å². The number of nitrogens with zero attached hydrogens (tertiary/aromatic N) is 2. The van der Waals surface area contributed by atoms with Gasteiger partial charge in [0.15, 0.2) is 0 Å². The second kappa shape index (κ2) is 6.70. The molecule has 2 aromatic rings. The number of ether oxygens (including phenoxy) is 1. The van der Waals surface area contributed by atoms with E-state index in [2.05, 4.69) is 15.5 Å². The highest BCUT2D eigenvalue weighted by molar-refractivity contribution is 5.67. The number of hydrogen-bond donors (Lipinski definition) is 1. The van der Waals surface area contributed by atoms with Crippen molar-refractivity contribution >= 4 is 6.09 Å². The van der Waals surface area contributed by atoms with E-state index in [0.717, 1.165) is 5.56 Å². The molecule has 0 spiro atoms. The first-order chi connectivity index (χ1) is 9.69. The number of alkyl carbamates (subject to hydrolysis) is 1. The summed E-state index contributed by atoms with van der Waals surface area (Å²) in [4.78, 5) is 11.6. The zero-order valence-corrected chi connectivity index (χ0v) is 11.5. The highest BCUT2D eigenvalue weighted by Gasteiger charge is 2.21. The molecule has 1 amide bonds. The van der Waals surface area contributed by atoms with Crippen molar-refractivity contribution in [2.24, 2.45) is 0 Å². The fourth-order valence-electron chi connectivity index (χ4n) is 1.82. The van der Waals surface area contributed by atoms with Gasteiger partial charge in [0.2, 0.25) is 11.8 Å². The second-order valence-corrected chi connectivity index (χ2v) is 4.27. The third kappa shape index (κ3) is 3.81. The summed E-state index contributed by atoms with van der Waals surface area (Å²) in [5, 5.41) is 10.5. The van der Waals surface area contributed by atoms with Gasteiger partial charge in [0.05, 0.1) is 6.61 Å². The summed E-state index contributed by atoms with van der Waals surface area (Å²) in [6, 6.07) is 9.36. The molecule has 0 fully saturated rings. The highest BCUT2D eigenvalue weighted by atomic mass is 16.5. The molecule has 1 aromatic carbocycles. The van der Waals surface area contributed by atoms with Crippen molar-refractivity contribution in [2.45, 2.75) is 26.3 Å². The van der Waals surface area contributed by atoms with Gasteiger partial charge in [0.25, 0.3) is 0 Å². The maximum atomic E-state index is 11.6. The normalized spacial score (nSPS) is 11.9. The predicted octanol–water partition coefficient (Wildman–Crippen LogP) is 2.41. The highest BCUT2D eigenvalue weighted by Crippen LogP contribution is 2.17. The summed E-state index contributed by atoms with van der Waals surface area (Å²) < 4.78 is 10.3. The number of rotatable bonds is 5. The summed E-state index contributed by atoms with van der Waals surface area (Å²) in [6.45, 7) is 3.77. The second-order valence-electron chi connectivity index (χ2n) is 4.27. The van der Waals surface area contributed by atoms with Crippen LogP contribution in [0.3, 0.4) is 0 Å². The van der Waals surface area contributed by atoms with Crippen molar-refractivity contribution < 1.29 is 13.9 Å². The van der Waals surface area contributed by atoms with Gasteiger partial charge in [-0.15, -0.1) is 10.2 Å². The van der Waals surface area contributed by atoms with Crippen molar-refractivity contribution in [1.82, 2.24) is 15.5 Å². The van der Waals surface area contributed by atoms with Crippen LogP contribution in [0.2, 0.25) is 0 Å². The first-order valence-corrected chi connectivity index (χ1v) is 6.46. The lowest BCUT2D eigenvalue weighted by atomic mass is 10.1. The summed E-state index contributed by atoms with van der Waals surface area (Å²) in [6.07, 6.45) is 0.0608. The monoisotopic (exact) mass is 275 g/mol. The fraction of sp³-hybridized carbons (Fsp3) is 0.357. The Bertz CT molecular complexity index is 554. The van der Waals surface area contributed by atoms with E-state index < -0.39 is 12.1 Å². The van der Waals surface area contributed by atoms with E-state index in [1.807, 2.05) is 30.3 Å². The maximum Gasteiger partial charge on any atom is 0.407 e. The molecule has 1 atom stereocenters. The summed E-state index contributed by atoms with van der Waals surface area (Å²) in [5.41, 5.74) is 1.06. The van der Waals surface area contributed by atoms with Gasteiger partial charge in [0, 0.05) is 13.3 Å². The average Bonchev–Trinajstić information content (AvgIpc) is 2.86. The molecular weight excluding hydrogens is 258 g/mol. The lowest BCUT2D eigenvalue weighted by molar-refractivity contribution is 0.146. The Balaban J connectivity index is 2.13. The van der Waals surface area contributed by atoms with E-state index in [9.17, 15) is 4.79 Å². The standard InChI is InChI=1S/C14H17N3O3/c1-3-19-14(18)15-12(13-17-16-10(2)20-13)9-11-7-5-4-6-8-11/h4-8,12H,3,9H2,1-2H3,(H,15,18). The van der Waals surface area contributed by atoms with Gasteiger partial charge >= 0.3 is 6.09 Å². The lowest BCUT2D eigenvalue weighted by Crippen LogP contribution is -2.30. The summed E-state index contributed by atoms with van der Waals surface area (Å²) in [7, 11) is 0. The van der Waals surface area contributed by atoms with Crippen LogP contribution in [0.15, 0.2) is 34.7 Å². The van der Waals surface area contributed by atoms with E-state index in [1.165, 1.54) is 0 Å². The zero-order chi connectivity index (χ0) is 14.4. The number of hydrogen-bond acceptors (Lipinski definition) is 5. The molecule has 0 aliphatic carbocycles. The SMILES string of the molecule is CCOC(=O)NC(Cc1ccccc1)c1nnc(C)o1. The molecule has 20 heavy (non-hydrogen) atoms. The quantitative estimate of drug-likeness (QED) is 0.906. The number of nitrogens with one attached hydrogen (secondary N) is 1. The van der Waals surface area contributed by atoms with Gasteiger partial charge in [-0.25, -0.2) is 4.79 Å². The number of benzene rings is 1. The van der Waals surface area contributed by atoms with Crippen LogP contribution < -0.4 is 5.32 Å². The molecule has 0 aliphatic heterocycles. The molecule has 0 saturated heterocycles. The molecule has 0 radical (unpaired) electrons. The Morgan fingerprint density at radius 3 is 2.70 bits per heavy atom. The van der Waals surface area contributed by atoms with Crippen LogP contribution in [0.5, 0.6) is 0 Å². The first kappa shape index (κ1) is 14.0. The largest absolute Gasteiger partial charge is 0.450 e. The van der Waals surface area contributed by atoms with Gasteiger partial charge in [0.1, 0.15) is 6.04 Å². The minimum Gasteiger partial charge on any atom is -0.450 e. The van der Waals surface area contributed by atoms with Gasteiger partial charge in [-0.05, 0) is 12.5 Å². The van der Waals surface area contributed by atoms with Crippen molar-refractivity contribution in [1.29, 1.82) is 0 Å². The van der Waals surface area contributed by atoms with E-state index in [-0.39, 0.29) is 0 Å². The van der Waals surface area contributed by atoms with Crippen LogP contribution in [-0.4, -0.2) is 22.9 Å². The van der Waals surface area contributed by atoms with Crippen LogP contribution in [0.4, 0.5) is 4.79 Å². The number of aromatic nitrogens is 2. The Hall–Kier alpha value is -2.37. The minimum atomic E-state index is -0.496. The molecule has 0 bridgehead atoms. The maximum absolute atomic E-state index is 11.6. The number of amides is 1. The molecular formula is C14H17N3O3. The molecule has 6 heteroatoms. The Kier molecular flexibility index (Phi) is 4.70. The molecule has 1 unspecified atom stereocenters. The average molecular weight is 275 g/mol. The Labute approximate surface area is 117 Å². The van der Waals surface area contributed by atoms with E-state index >= 15 is 0 Å². The van der Waals surface area contributed by atoms with Crippen molar-refractivity contribution in [2.75, 3.05) is 6.61 Å². The zero-order valence-electron chi connectivity index (χ0n) is 11.5. The third-order valence-corrected chi connectivity index (χ3v) is 2.69. The summed E-state index contributed by atoms with van der Waals surface area (Å²) >= 11 is 0. The van der Waals surface area contributed by atoms with Crippen LogP contribution in [-0.2, 0) is 11.2 Å². The van der Waals surface area contributed by atoms with E-state index in [4.69, 9.17) is 9.15 Å². The van der Waals surface area contributed by atoms with Gasteiger partial charge in [-0.2, -0.15) is 0 Å². The third-order valence-electron chi connectivity index (χ3n) is 2.69. The Morgan fingerprint density at radius 2 is 2.10 bits per heavy atom. The molecule has 0 aliphatic rings. The predicted molar refractivity (Wildman–Crippen MR) is 72.1 cm³/mol. The van der Waals surface area contributed by atoms with Gasteiger partial charge < -0.3 is 14.5 Å². The van der Waals surface area contributed by atoms with E-state index in [0.29, 0.717) is 24.8 Å². The molecule has 2 rings (SSSR count). The molecule has 1 aromatic heterocycles. The minimum absolute atomic E-state index is 0.312. The molecule has 1 heterocycles. The van der Waals surface area contributed by atoms with Crippen LogP contribution in [0.1, 0.15) is 30.3 Å². The van der Waals surface area contributed by atoms with Gasteiger partial charge in [-0.3, -0.25) is 0 Å². The van der Waals surface area contributed by atoms with Crippen LogP contribution >= 0.6 is 0 Å². The topological polar surface area (TPSA) is 77.2 Å². The van der Waals surface area contributed by atoms with Crippen LogP contribution in [0, 0.1) is 6.92 Å². The van der Waals surface area contributed by atoms with Crippen molar-refractivity contribution in [3.05, 3.63) is 47.7 Å². The molecule has 106 valence electrons. The number of aryl methyl sites for hydroxylation is 1. The molecule has 0 saturated carbocycles. The lowest BCUT2D eigenvalue weighted by Gasteiger charge is -2.14. The fourth-order valence-corrected chi connectivity index (χ4v) is 1.82. The molecule has 6 nitrogen and oxygen atoms in total. The van der Waals surface area contributed by atoms with Gasteiger partial charge in [-0.1, -0.05) is 30.3 Å². The van der Waals surface area contributed by atoms with E-state index in [1.54, 1.807) is 13.8 Å².